The van der Waals surface area contributed by atoms with Gasteiger partial charge in [0, 0.05) is 9.61 Å². The summed E-state index contributed by atoms with van der Waals surface area (Å²) < 4.78 is 1.31. The summed E-state index contributed by atoms with van der Waals surface area (Å²) >= 11 is 2.35. The standard InChI is InChI=1S/C11H14IN/c1-3-8-7-9(11(13)4-2)5-6-10(8)12/h4-7,11H,2-3,13H2,1H3. The molecule has 0 spiro atoms. The van der Waals surface area contributed by atoms with E-state index in [2.05, 4.69) is 54.3 Å². The fourth-order valence-corrected chi connectivity index (χ4v) is 1.93. The quantitative estimate of drug-likeness (QED) is 0.671. The first-order valence-corrected chi connectivity index (χ1v) is 5.43. The third kappa shape index (κ3) is 2.54. The number of rotatable bonds is 3. The first-order valence-electron chi connectivity index (χ1n) is 4.35. The normalized spacial score (nSPS) is 12.5. The van der Waals surface area contributed by atoms with E-state index in [0.29, 0.717) is 0 Å². The van der Waals surface area contributed by atoms with Crippen molar-refractivity contribution in [1.82, 2.24) is 0 Å². The molecule has 0 aliphatic heterocycles. The topological polar surface area (TPSA) is 26.0 Å². The molecule has 2 heteroatoms. The summed E-state index contributed by atoms with van der Waals surface area (Å²) in [7, 11) is 0. The molecule has 0 aliphatic carbocycles. The van der Waals surface area contributed by atoms with E-state index in [9.17, 15) is 0 Å². The minimum absolute atomic E-state index is 0.0395. The van der Waals surface area contributed by atoms with Gasteiger partial charge in [0.1, 0.15) is 0 Å². The van der Waals surface area contributed by atoms with Gasteiger partial charge in [0.25, 0.3) is 0 Å². The fourth-order valence-electron chi connectivity index (χ4n) is 1.21. The van der Waals surface area contributed by atoms with Gasteiger partial charge in [-0.15, -0.1) is 6.58 Å². The Morgan fingerprint density at radius 3 is 2.85 bits per heavy atom. The first-order chi connectivity index (χ1) is 6.19. The molecule has 0 bridgehead atoms. The third-order valence-corrected chi connectivity index (χ3v) is 3.14. The molecule has 0 aliphatic rings. The number of nitrogens with two attached hydrogens (primary N) is 1. The van der Waals surface area contributed by atoms with Crippen LogP contribution in [-0.2, 0) is 6.42 Å². The van der Waals surface area contributed by atoms with Crippen LogP contribution in [0.25, 0.3) is 0 Å². The van der Waals surface area contributed by atoms with Crippen molar-refractivity contribution >= 4 is 22.6 Å². The molecule has 1 atom stereocenters. The van der Waals surface area contributed by atoms with Crippen molar-refractivity contribution in [3.63, 3.8) is 0 Å². The molecule has 0 radical (unpaired) electrons. The predicted molar refractivity (Wildman–Crippen MR) is 65.7 cm³/mol. The Balaban J connectivity index is 3.05. The maximum Gasteiger partial charge on any atom is 0.0478 e. The van der Waals surface area contributed by atoms with Gasteiger partial charge < -0.3 is 5.73 Å². The van der Waals surface area contributed by atoms with Crippen LogP contribution >= 0.6 is 22.6 Å². The van der Waals surface area contributed by atoms with Crippen molar-refractivity contribution in [2.24, 2.45) is 5.73 Å². The van der Waals surface area contributed by atoms with Crippen molar-refractivity contribution in [3.8, 4) is 0 Å². The van der Waals surface area contributed by atoms with E-state index in [1.54, 1.807) is 6.08 Å². The van der Waals surface area contributed by atoms with Crippen LogP contribution in [0.3, 0.4) is 0 Å². The summed E-state index contributed by atoms with van der Waals surface area (Å²) in [6, 6.07) is 6.29. The van der Waals surface area contributed by atoms with Gasteiger partial charge in [0.2, 0.25) is 0 Å². The first kappa shape index (κ1) is 10.7. The minimum atomic E-state index is -0.0395. The summed E-state index contributed by atoms with van der Waals surface area (Å²) in [5.74, 6) is 0. The zero-order chi connectivity index (χ0) is 9.84. The zero-order valence-electron chi connectivity index (χ0n) is 7.76. The van der Waals surface area contributed by atoms with E-state index in [0.717, 1.165) is 12.0 Å². The fraction of sp³-hybridized carbons (Fsp3) is 0.273. The molecule has 1 aromatic carbocycles. The summed E-state index contributed by atoms with van der Waals surface area (Å²) in [4.78, 5) is 0. The van der Waals surface area contributed by atoms with Gasteiger partial charge in [0.15, 0.2) is 0 Å². The van der Waals surface area contributed by atoms with Crippen molar-refractivity contribution in [3.05, 3.63) is 45.6 Å². The molecule has 2 N–H and O–H groups in total. The Morgan fingerprint density at radius 1 is 1.62 bits per heavy atom. The van der Waals surface area contributed by atoms with E-state index < -0.39 is 0 Å². The lowest BCUT2D eigenvalue weighted by atomic mass is 10.0. The molecule has 0 heterocycles. The Hall–Kier alpha value is -0.350. The van der Waals surface area contributed by atoms with Gasteiger partial charge in [-0.3, -0.25) is 0 Å². The highest BCUT2D eigenvalue weighted by Crippen LogP contribution is 2.19. The Bertz CT molecular complexity index is 307. The second-order valence-electron chi connectivity index (χ2n) is 2.97. The molecule has 70 valence electrons. The molecule has 0 amide bonds. The molecular formula is C11H14IN. The van der Waals surface area contributed by atoms with E-state index in [4.69, 9.17) is 5.73 Å². The number of hydrogen-bond donors (Lipinski definition) is 1. The summed E-state index contributed by atoms with van der Waals surface area (Å²) in [5, 5.41) is 0. The predicted octanol–water partition coefficient (Wildman–Crippen LogP) is 3.04. The second-order valence-corrected chi connectivity index (χ2v) is 4.13. The van der Waals surface area contributed by atoms with Gasteiger partial charge in [-0.1, -0.05) is 25.1 Å². The number of hydrogen-bond acceptors (Lipinski definition) is 1. The lowest BCUT2D eigenvalue weighted by Crippen LogP contribution is -2.07. The lowest BCUT2D eigenvalue weighted by molar-refractivity contribution is 0.907. The summed E-state index contributed by atoms with van der Waals surface area (Å²) in [6.07, 6.45) is 2.82. The van der Waals surface area contributed by atoms with E-state index in [-0.39, 0.29) is 6.04 Å². The van der Waals surface area contributed by atoms with Gasteiger partial charge in [-0.25, -0.2) is 0 Å². The molecule has 1 unspecified atom stereocenters. The number of aryl methyl sites for hydroxylation is 1. The highest BCUT2D eigenvalue weighted by atomic mass is 127. The molecule has 0 aromatic heterocycles. The van der Waals surface area contributed by atoms with Crippen LogP contribution in [0.5, 0.6) is 0 Å². The Morgan fingerprint density at radius 2 is 2.31 bits per heavy atom. The van der Waals surface area contributed by atoms with Gasteiger partial charge in [-0.05, 0) is 46.2 Å². The molecule has 0 fully saturated rings. The van der Waals surface area contributed by atoms with Crippen molar-refractivity contribution in [2.45, 2.75) is 19.4 Å². The van der Waals surface area contributed by atoms with Gasteiger partial charge in [-0.2, -0.15) is 0 Å². The average Bonchev–Trinajstić information content (AvgIpc) is 2.17. The largest absolute Gasteiger partial charge is 0.321 e. The van der Waals surface area contributed by atoms with Gasteiger partial charge in [0.05, 0.1) is 0 Å². The van der Waals surface area contributed by atoms with Crippen molar-refractivity contribution < 1.29 is 0 Å². The molecule has 0 saturated heterocycles. The van der Waals surface area contributed by atoms with Crippen LogP contribution in [0.1, 0.15) is 24.1 Å². The van der Waals surface area contributed by atoms with Crippen LogP contribution in [0.15, 0.2) is 30.9 Å². The number of benzene rings is 1. The van der Waals surface area contributed by atoms with Crippen LogP contribution in [-0.4, -0.2) is 0 Å². The minimum Gasteiger partial charge on any atom is -0.321 e. The Kier molecular flexibility index (Phi) is 3.93. The zero-order valence-corrected chi connectivity index (χ0v) is 9.91. The maximum atomic E-state index is 5.85. The van der Waals surface area contributed by atoms with Gasteiger partial charge >= 0.3 is 0 Å². The molecule has 1 aromatic rings. The van der Waals surface area contributed by atoms with E-state index in [1.807, 2.05) is 0 Å². The molecule has 1 nitrogen and oxygen atoms in total. The summed E-state index contributed by atoms with van der Waals surface area (Å²) in [6.45, 7) is 5.84. The molecule has 0 saturated carbocycles. The lowest BCUT2D eigenvalue weighted by Gasteiger charge is -2.09. The van der Waals surface area contributed by atoms with E-state index >= 15 is 0 Å². The average molecular weight is 287 g/mol. The number of halogens is 1. The Labute approximate surface area is 93.2 Å². The second kappa shape index (κ2) is 4.77. The van der Waals surface area contributed by atoms with Crippen LogP contribution in [0.2, 0.25) is 0 Å². The van der Waals surface area contributed by atoms with E-state index in [1.165, 1.54) is 9.13 Å². The maximum absolute atomic E-state index is 5.85. The smallest absolute Gasteiger partial charge is 0.0478 e. The van der Waals surface area contributed by atoms with Crippen molar-refractivity contribution in [1.29, 1.82) is 0 Å². The molecular weight excluding hydrogens is 273 g/mol. The van der Waals surface area contributed by atoms with Crippen LogP contribution in [0.4, 0.5) is 0 Å². The summed E-state index contributed by atoms with van der Waals surface area (Å²) in [5.41, 5.74) is 8.35. The molecule has 13 heavy (non-hydrogen) atoms. The highest BCUT2D eigenvalue weighted by Gasteiger charge is 2.03. The highest BCUT2D eigenvalue weighted by molar-refractivity contribution is 14.1. The monoisotopic (exact) mass is 287 g/mol. The third-order valence-electron chi connectivity index (χ3n) is 2.09. The van der Waals surface area contributed by atoms with Crippen LogP contribution < -0.4 is 5.73 Å². The SMILES string of the molecule is C=CC(N)c1ccc(I)c(CC)c1. The van der Waals surface area contributed by atoms with Crippen LogP contribution in [0, 0.1) is 3.57 Å². The van der Waals surface area contributed by atoms with Crippen molar-refractivity contribution in [2.75, 3.05) is 0 Å². The molecule has 1 rings (SSSR count).